The average molecular weight is 377 g/mol. The Kier molecular flexibility index (Phi) is 7.73. The third kappa shape index (κ3) is 7.35. The zero-order valence-corrected chi connectivity index (χ0v) is 18.9. The minimum absolute atomic E-state index is 0.177. The molecule has 0 spiro atoms. The van der Waals surface area contributed by atoms with Gasteiger partial charge in [-0.05, 0) is 55.8 Å². The molecule has 2 aliphatic carbocycles. The van der Waals surface area contributed by atoms with Crippen molar-refractivity contribution in [3.8, 4) is 0 Å². The van der Waals surface area contributed by atoms with Gasteiger partial charge in [-0.15, -0.1) is 0 Å². The van der Waals surface area contributed by atoms with Gasteiger partial charge in [0.15, 0.2) is 0 Å². The van der Waals surface area contributed by atoms with Crippen LogP contribution in [0.4, 0.5) is 0 Å². The van der Waals surface area contributed by atoms with Gasteiger partial charge in [0.05, 0.1) is 0 Å². The van der Waals surface area contributed by atoms with Crippen LogP contribution < -0.4 is 0 Å². The molecule has 0 aliphatic heterocycles. The van der Waals surface area contributed by atoms with Gasteiger partial charge in [0.25, 0.3) is 0 Å². The lowest BCUT2D eigenvalue weighted by Crippen LogP contribution is -2.27. The van der Waals surface area contributed by atoms with E-state index in [2.05, 4.69) is 0 Å². The molecule has 0 aromatic rings. The van der Waals surface area contributed by atoms with Gasteiger partial charge in [0.1, 0.15) is 11.6 Å². The summed E-state index contributed by atoms with van der Waals surface area (Å²) in [5.41, 5.74) is -0.353. The molecule has 2 saturated carbocycles. The first-order valence-corrected chi connectivity index (χ1v) is 11.5. The van der Waals surface area contributed by atoms with E-state index in [1.54, 1.807) is 0 Å². The minimum Gasteiger partial charge on any atom is -0.299 e. The van der Waals surface area contributed by atoms with E-state index in [1.165, 1.54) is 57.8 Å². The molecular formula is C25H44O2. The van der Waals surface area contributed by atoms with Gasteiger partial charge in [0.2, 0.25) is 0 Å². The van der Waals surface area contributed by atoms with Crippen molar-refractivity contribution in [1.82, 2.24) is 0 Å². The number of hydrogen-bond acceptors (Lipinski definition) is 2. The zero-order chi connectivity index (χ0) is 20.2. The summed E-state index contributed by atoms with van der Waals surface area (Å²) in [6.45, 7) is 12.3. The Balaban J connectivity index is 1.66. The highest BCUT2D eigenvalue weighted by molar-refractivity contribution is 5.84. The summed E-state index contributed by atoms with van der Waals surface area (Å²) in [4.78, 5) is 24.6. The normalized spacial score (nSPS) is 30.1. The molecule has 2 fully saturated rings. The van der Waals surface area contributed by atoms with Crippen LogP contribution in [-0.4, -0.2) is 11.6 Å². The lowest BCUT2D eigenvalue weighted by molar-refractivity contribution is -0.128. The quantitative estimate of drug-likeness (QED) is 0.500. The third-order valence-corrected chi connectivity index (χ3v) is 7.22. The summed E-state index contributed by atoms with van der Waals surface area (Å²) in [5.74, 6) is 3.90. The predicted octanol–water partition coefficient (Wildman–Crippen LogP) is 7.00. The Morgan fingerprint density at radius 2 is 0.815 bits per heavy atom. The highest BCUT2D eigenvalue weighted by Crippen LogP contribution is 2.40. The molecule has 0 heterocycles. The number of rotatable bonds is 6. The maximum absolute atomic E-state index is 12.3. The van der Waals surface area contributed by atoms with E-state index in [4.69, 9.17) is 0 Å². The fraction of sp³-hybridized carbons (Fsp3) is 0.920. The molecule has 2 heteroatoms. The van der Waals surface area contributed by atoms with Crippen molar-refractivity contribution in [2.45, 2.75) is 112 Å². The second-order valence-corrected chi connectivity index (χ2v) is 11.8. The highest BCUT2D eigenvalue weighted by Gasteiger charge is 2.31. The first kappa shape index (κ1) is 22.6. The summed E-state index contributed by atoms with van der Waals surface area (Å²) in [7, 11) is 0. The van der Waals surface area contributed by atoms with E-state index in [1.807, 2.05) is 41.5 Å². The summed E-state index contributed by atoms with van der Waals surface area (Å²) >= 11 is 0. The van der Waals surface area contributed by atoms with Crippen molar-refractivity contribution < 1.29 is 9.59 Å². The molecule has 2 nitrogen and oxygen atoms in total. The van der Waals surface area contributed by atoms with Gasteiger partial charge in [-0.1, -0.05) is 67.2 Å². The molecule has 0 unspecified atom stereocenters. The molecular weight excluding hydrogens is 332 g/mol. The van der Waals surface area contributed by atoms with Gasteiger partial charge in [0, 0.05) is 23.7 Å². The molecule has 156 valence electrons. The van der Waals surface area contributed by atoms with E-state index in [0.717, 1.165) is 24.7 Å². The number of Topliss-reactive ketones (excluding diaryl/α,β-unsaturated/α-hetero) is 2. The van der Waals surface area contributed by atoms with Gasteiger partial charge in [-0.3, -0.25) is 9.59 Å². The van der Waals surface area contributed by atoms with Crippen LogP contribution >= 0.6 is 0 Å². The van der Waals surface area contributed by atoms with Crippen molar-refractivity contribution in [3.05, 3.63) is 0 Å². The van der Waals surface area contributed by atoms with Crippen molar-refractivity contribution in [2.75, 3.05) is 0 Å². The van der Waals surface area contributed by atoms with Crippen LogP contribution in [0.25, 0.3) is 0 Å². The summed E-state index contributed by atoms with van der Waals surface area (Å²) in [6, 6.07) is 0. The Hall–Kier alpha value is -0.660. The third-order valence-electron chi connectivity index (χ3n) is 7.22. The van der Waals surface area contributed by atoms with Crippen LogP contribution in [0.5, 0.6) is 0 Å². The summed E-state index contributed by atoms with van der Waals surface area (Å²) < 4.78 is 0. The second-order valence-electron chi connectivity index (χ2n) is 11.8. The Bertz CT molecular complexity index is 443. The van der Waals surface area contributed by atoms with E-state index in [-0.39, 0.29) is 10.8 Å². The van der Waals surface area contributed by atoms with Crippen LogP contribution in [0.3, 0.4) is 0 Å². The van der Waals surface area contributed by atoms with Crippen molar-refractivity contribution >= 4 is 11.6 Å². The maximum atomic E-state index is 12.3. The molecule has 0 atom stereocenters. The molecule has 2 aliphatic rings. The van der Waals surface area contributed by atoms with Crippen molar-refractivity contribution in [3.63, 3.8) is 0 Å². The van der Waals surface area contributed by atoms with Crippen LogP contribution in [0.15, 0.2) is 0 Å². The average Bonchev–Trinajstić information content (AvgIpc) is 2.56. The molecule has 0 N–H and O–H groups in total. The smallest absolute Gasteiger partial charge is 0.138 e. The van der Waals surface area contributed by atoms with Crippen molar-refractivity contribution in [2.24, 2.45) is 34.5 Å². The molecule has 0 bridgehead atoms. The number of ketones is 2. The zero-order valence-electron chi connectivity index (χ0n) is 18.9. The van der Waals surface area contributed by atoms with E-state index in [9.17, 15) is 9.59 Å². The van der Waals surface area contributed by atoms with Gasteiger partial charge in [-0.2, -0.15) is 0 Å². The Labute approximate surface area is 168 Å². The van der Waals surface area contributed by atoms with Crippen LogP contribution in [-0.2, 0) is 9.59 Å². The number of carbonyl (C=O) groups excluding carboxylic acids is 2. The van der Waals surface area contributed by atoms with E-state index < -0.39 is 0 Å². The predicted molar refractivity (Wildman–Crippen MR) is 114 cm³/mol. The van der Waals surface area contributed by atoms with Crippen LogP contribution in [0, 0.1) is 34.5 Å². The second kappa shape index (κ2) is 9.23. The molecule has 27 heavy (non-hydrogen) atoms. The standard InChI is InChI=1S/C25H44O2/c1-24(2,3)22(26)16-20-11-7-18(8-12-20)15-19-9-13-21(14-10-19)17-23(27)25(4,5)6/h18-21H,7-17H2,1-6H3. The van der Waals surface area contributed by atoms with E-state index in [0.29, 0.717) is 23.4 Å². The van der Waals surface area contributed by atoms with Gasteiger partial charge in [-0.25, -0.2) is 0 Å². The Morgan fingerprint density at radius 1 is 0.556 bits per heavy atom. The summed E-state index contributed by atoms with van der Waals surface area (Å²) in [6.07, 6.45) is 13.3. The van der Waals surface area contributed by atoms with E-state index >= 15 is 0 Å². The lowest BCUT2D eigenvalue weighted by atomic mass is 9.70. The molecule has 0 amide bonds. The number of carbonyl (C=O) groups is 2. The largest absolute Gasteiger partial charge is 0.299 e. The lowest BCUT2D eigenvalue weighted by Gasteiger charge is -2.35. The van der Waals surface area contributed by atoms with Crippen LogP contribution in [0.2, 0.25) is 0 Å². The summed E-state index contributed by atoms with van der Waals surface area (Å²) in [5, 5.41) is 0. The van der Waals surface area contributed by atoms with Crippen molar-refractivity contribution in [1.29, 1.82) is 0 Å². The first-order chi connectivity index (χ1) is 12.4. The first-order valence-electron chi connectivity index (χ1n) is 11.5. The molecule has 0 radical (unpaired) electrons. The molecule has 0 aromatic heterocycles. The molecule has 0 aromatic carbocycles. The maximum Gasteiger partial charge on any atom is 0.138 e. The highest BCUT2D eigenvalue weighted by atomic mass is 16.1. The van der Waals surface area contributed by atoms with Crippen LogP contribution in [0.1, 0.15) is 112 Å². The van der Waals surface area contributed by atoms with Gasteiger partial charge < -0.3 is 0 Å². The fourth-order valence-electron chi connectivity index (χ4n) is 4.95. The Morgan fingerprint density at radius 3 is 1.07 bits per heavy atom. The topological polar surface area (TPSA) is 34.1 Å². The number of hydrogen-bond donors (Lipinski definition) is 0. The minimum atomic E-state index is -0.177. The molecule has 0 saturated heterocycles. The SMILES string of the molecule is CC(C)(C)C(=O)CC1CCC(CC2CCC(CC(=O)C(C)(C)C)CC2)CC1. The fourth-order valence-corrected chi connectivity index (χ4v) is 4.95. The monoisotopic (exact) mass is 376 g/mol. The van der Waals surface area contributed by atoms with Gasteiger partial charge >= 0.3 is 0 Å². The molecule has 2 rings (SSSR count).